The normalized spacial score (nSPS) is 14.6. The van der Waals surface area contributed by atoms with E-state index in [0.717, 1.165) is 30.4 Å². The van der Waals surface area contributed by atoms with Crippen molar-refractivity contribution < 1.29 is 9.47 Å². The molecule has 0 aromatic heterocycles. The van der Waals surface area contributed by atoms with Crippen LogP contribution in [0.15, 0.2) is 59.6 Å². The minimum atomic E-state index is 0. The number of aliphatic imine (C=N–C) groups is 1. The van der Waals surface area contributed by atoms with Crippen LogP contribution in [0.4, 0.5) is 0 Å². The molecule has 0 radical (unpaired) electrons. The first kappa shape index (κ1) is 23.5. The van der Waals surface area contributed by atoms with Gasteiger partial charge < -0.3 is 20.1 Å². The Morgan fingerprint density at radius 3 is 2.34 bits per heavy atom. The van der Waals surface area contributed by atoms with Gasteiger partial charge in [-0.15, -0.1) is 24.0 Å². The Kier molecular flexibility index (Phi) is 9.73. The van der Waals surface area contributed by atoms with Gasteiger partial charge in [0.1, 0.15) is 12.4 Å². The molecule has 0 spiro atoms. The van der Waals surface area contributed by atoms with Crippen LogP contribution in [-0.2, 0) is 16.7 Å². The largest absolute Gasteiger partial charge is 0.491 e. The van der Waals surface area contributed by atoms with Gasteiger partial charge in [-0.25, -0.2) is 4.99 Å². The van der Waals surface area contributed by atoms with E-state index in [0.29, 0.717) is 19.8 Å². The third-order valence-electron chi connectivity index (χ3n) is 5.08. The molecule has 1 aliphatic rings. The van der Waals surface area contributed by atoms with Crippen molar-refractivity contribution in [1.29, 1.82) is 0 Å². The van der Waals surface area contributed by atoms with E-state index in [1.807, 2.05) is 12.1 Å². The van der Waals surface area contributed by atoms with E-state index < -0.39 is 0 Å². The molecule has 1 aliphatic carbocycles. The van der Waals surface area contributed by atoms with Gasteiger partial charge in [-0.2, -0.15) is 0 Å². The zero-order valence-corrected chi connectivity index (χ0v) is 19.6. The molecule has 0 amide bonds. The molecule has 3 rings (SSSR count). The number of benzene rings is 2. The number of hydrogen-bond donors (Lipinski definition) is 2. The molecule has 158 valence electrons. The fourth-order valence-corrected chi connectivity index (χ4v) is 3.21. The van der Waals surface area contributed by atoms with E-state index in [4.69, 9.17) is 14.5 Å². The summed E-state index contributed by atoms with van der Waals surface area (Å²) >= 11 is 0. The van der Waals surface area contributed by atoms with Gasteiger partial charge in [0, 0.05) is 25.6 Å². The highest BCUT2D eigenvalue weighted by atomic mass is 127. The molecule has 29 heavy (non-hydrogen) atoms. The molecule has 0 heterocycles. The average molecular weight is 509 g/mol. The van der Waals surface area contributed by atoms with Gasteiger partial charge in [0.15, 0.2) is 5.96 Å². The molecule has 1 fully saturated rings. The number of rotatable bonds is 10. The molecule has 0 atom stereocenters. The summed E-state index contributed by atoms with van der Waals surface area (Å²) in [5, 5.41) is 6.89. The van der Waals surface area contributed by atoms with E-state index in [-0.39, 0.29) is 29.4 Å². The maximum Gasteiger partial charge on any atom is 0.191 e. The Labute approximate surface area is 191 Å². The Balaban J connectivity index is 0.00000300. The van der Waals surface area contributed by atoms with E-state index in [1.54, 1.807) is 7.11 Å². The van der Waals surface area contributed by atoms with Gasteiger partial charge >= 0.3 is 0 Å². The van der Waals surface area contributed by atoms with Gasteiger partial charge in [-0.05, 0) is 43.0 Å². The first-order valence-electron chi connectivity index (χ1n) is 10.0. The van der Waals surface area contributed by atoms with Crippen LogP contribution < -0.4 is 15.4 Å². The molecule has 6 heteroatoms. The number of nitrogens with zero attached hydrogens (tertiary/aromatic N) is 1. The number of methoxy groups -OCH3 is 1. The minimum absolute atomic E-state index is 0. The molecule has 2 aromatic rings. The summed E-state index contributed by atoms with van der Waals surface area (Å²) in [6, 6.07) is 18.9. The first-order chi connectivity index (χ1) is 13.8. The summed E-state index contributed by atoms with van der Waals surface area (Å²) in [6.45, 7) is 5.63. The van der Waals surface area contributed by atoms with E-state index in [1.165, 1.54) is 18.4 Å². The first-order valence-corrected chi connectivity index (χ1v) is 10.0. The average Bonchev–Trinajstić information content (AvgIpc) is 3.53. The van der Waals surface area contributed by atoms with E-state index >= 15 is 0 Å². The highest BCUT2D eigenvalue weighted by Gasteiger charge is 2.43. The Hall–Kier alpha value is -1.80. The number of hydrogen-bond acceptors (Lipinski definition) is 3. The number of ether oxygens (including phenoxy) is 2. The lowest BCUT2D eigenvalue weighted by Gasteiger charge is -2.19. The predicted molar refractivity (Wildman–Crippen MR) is 129 cm³/mol. The standard InChI is InChI=1S/C23H31N3O2.HI/c1-3-24-22(26-18-23(13-14-23)20-7-5-4-6-8-20)25-17-19-9-11-21(12-10-19)28-16-15-27-2;/h4-12H,3,13-18H2,1-2H3,(H2,24,25,26);1H. The summed E-state index contributed by atoms with van der Waals surface area (Å²) in [5.74, 6) is 1.72. The van der Waals surface area contributed by atoms with Crippen LogP contribution in [0.1, 0.15) is 30.9 Å². The van der Waals surface area contributed by atoms with Crippen molar-refractivity contribution in [1.82, 2.24) is 10.6 Å². The van der Waals surface area contributed by atoms with Crippen LogP contribution >= 0.6 is 24.0 Å². The van der Waals surface area contributed by atoms with Crippen LogP contribution in [0.5, 0.6) is 5.75 Å². The summed E-state index contributed by atoms with van der Waals surface area (Å²) in [7, 11) is 1.67. The van der Waals surface area contributed by atoms with Crippen molar-refractivity contribution in [2.75, 3.05) is 33.4 Å². The molecular weight excluding hydrogens is 477 g/mol. The fourth-order valence-electron chi connectivity index (χ4n) is 3.21. The molecule has 2 aromatic carbocycles. The number of halogens is 1. The molecule has 0 unspecified atom stereocenters. The third kappa shape index (κ3) is 7.19. The lowest BCUT2D eigenvalue weighted by molar-refractivity contribution is 0.146. The SMILES string of the molecule is CCNC(=NCc1ccc(OCCOC)cc1)NCC1(c2ccccc2)CC1.I. The van der Waals surface area contributed by atoms with Crippen molar-refractivity contribution in [3.63, 3.8) is 0 Å². The highest BCUT2D eigenvalue weighted by molar-refractivity contribution is 14.0. The summed E-state index contributed by atoms with van der Waals surface area (Å²) < 4.78 is 10.6. The number of guanidine groups is 1. The van der Waals surface area contributed by atoms with Crippen molar-refractivity contribution in [3.8, 4) is 5.75 Å². The number of nitrogens with one attached hydrogen (secondary N) is 2. The molecule has 0 bridgehead atoms. The zero-order chi connectivity index (χ0) is 19.7. The molecular formula is C23H32IN3O2. The second kappa shape index (κ2) is 12.0. The highest BCUT2D eigenvalue weighted by Crippen LogP contribution is 2.47. The third-order valence-corrected chi connectivity index (χ3v) is 5.08. The van der Waals surface area contributed by atoms with Crippen LogP contribution in [0.2, 0.25) is 0 Å². The smallest absolute Gasteiger partial charge is 0.191 e. The van der Waals surface area contributed by atoms with Gasteiger partial charge in [0.05, 0.1) is 13.2 Å². The van der Waals surface area contributed by atoms with Crippen molar-refractivity contribution >= 4 is 29.9 Å². The van der Waals surface area contributed by atoms with Gasteiger partial charge in [0.25, 0.3) is 0 Å². The van der Waals surface area contributed by atoms with Crippen LogP contribution in [0.3, 0.4) is 0 Å². The van der Waals surface area contributed by atoms with Crippen molar-refractivity contribution in [2.24, 2.45) is 4.99 Å². The maximum absolute atomic E-state index is 5.61. The maximum atomic E-state index is 5.61. The topological polar surface area (TPSA) is 54.9 Å². The van der Waals surface area contributed by atoms with E-state index in [2.05, 4.69) is 60.0 Å². The summed E-state index contributed by atoms with van der Waals surface area (Å²) in [4.78, 5) is 4.75. The van der Waals surface area contributed by atoms with Crippen LogP contribution in [0, 0.1) is 0 Å². The fraction of sp³-hybridized carbons (Fsp3) is 0.435. The molecule has 0 saturated heterocycles. The molecule has 5 nitrogen and oxygen atoms in total. The van der Waals surface area contributed by atoms with Crippen molar-refractivity contribution in [2.45, 2.75) is 31.7 Å². The molecule has 2 N–H and O–H groups in total. The quantitative estimate of drug-likeness (QED) is 0.219. The van der Waals surface area contributed by atoms with Crippen molar-refractivity contribution in [3.05, 3.63) is 65.7 Å². The molecule has 1 saturated carbocycles. The monoisotopic (exact) mass is 509 g/mol. The van der Waals surface area contributed by atoms with Crippen LogP contribution in [-0.4, -0.2) is 39.4 Å². The van der Waals surface area contributed by atoms with Gasteiger partial charge in [-0.3, -0.25) is 0 Å². The lowest BCUT2D eigenvalue weighted by atomic mass is 9.96. The predicted octanol–water partition coefficient (Wildman–Crippen LogP) is 4.12. The molecule has 0 aliphatic heterocycles. The lowest BCUT2D eigenvalue weighted by Crippen LogP contribution is -2.41. The van der Waals surface area contributed by atoms with Gasteiger partial charge in [0.2, 0.25) is 0 Å². The minimum Gasteiger partial charge on any atom is -0.491 e. The van der Waals surface area contributed by atoms with E-state index in [9.17, 15) is 0 Å². The Morgan fingerprint density at radius 2 is 1.72 bits per heavy atom. The summed E-state index contributed by atoms with van der Waals surface area (Å²) in [5.41, 5.74) is 2.83. The van der Waals surface area contributed by atoms with Crippen LogP contribution in [0.25, 0.3) is 0 Å². The second-order valence-electron chi connectivity index (χ2n) is 7.18. The Bertz CT molecular complexity index is 746. The Morgan fingerprint density at radius 1 is 1.00 bits per heavy atom. The summed E-state index contributed by atoms with van der Waals surface area (Å²) in [6.07, 6.45) is 2.46. The van der Waals surface area contributed by atoms with Gasteiger partial charge in [-0.1, -0.05) is 42.5 Å². The zero-order valence-electron chi connectivity index (χ0n) is 17.3. The second-order valence-corrected chi connectivity index (χ2v) is 7.18.